The van der Waals surface area contributed by atoms with Gasteiger partial charge in [0.1, 0.15) is 5.82 Å². The molecule has 0 saturated carbocycles. The predicted molar refractivity (Wildman–Crippen MR) is 58.7 cm³/mol. The molecule has 0 atom stereocenters. The first-order valence-corrected chi connectivity index (χ1v) is 4.71. The van der Waals surface area contributed by atoms with Crippen LogP contribution in [0.1, 0.15) is 19.4 Å². The fraction of sp³-hybridized carbons (Fsp3) is 0.250. The van der Waals surface area contributed by atoms with Gasteiger partial charge in [-0.1, -0.05) is 12.1 Å². The van der Waals surface area contributed by atoms with Crippen LogP contribution in [0.15, 0.2) is 29.8 Å². The van der Waals surface area contributed by atoms with Gasteiger partial charge in [0, 0.05) is 12.6 Å². The number of likely N-dealkylation sites (N-methyl/N-ethyl adjacent to an activating group) is 1. The molecule has 1 amide bonds. The molecule has 1 rings (SSSR count). The Bertz CT molecular complexity index is 393. The predicted octanol–water partition coefficient (Wildman–Crippen LogP) is 2.37. The van der Waals surface area contributed by atoms with Crippen molar-refractivity contribution in [2.45, 2.75) is 13.8 Å². The molecule has 0 unspecified atom stereocenters. The molecule has 0 bridgehead atoms. The number of allylic oxidation sites excluding steroid dienone is 1. The minimum absolute atomic E-state index is 0.114. The highest BCUT2D eigenvalue weighted by Crippen LogP contribution is 2.18. The second-order valence-electron chi connectivity index (χ2n) is 3.34. The van der Waals surface area contributed by atoms with E-state index in [9.17, 15) is 9.18 Å². The van der Waals surface area contributed by atoms with Crippen LogP contribution in [0.25, 0.3) is 5.57 Å². The molecule has 3 heteroatoms. The number of carbonyl (C=O) groups excluding carboxylic acids is 1. The molecule has 80 valence electrons. The van der Waals surface area contributed by atoms with Gasteiger partial charge >= 0.3 is 0 Å². The molecular weight excluding hydrogens is 193 g/mol. The minimum Gasteiger partial charge on any atom is -0.355 e. The highest BCUT2D eigenvalue weighted by molar-refractivity contribution is 6.00. The smallest absolute Gasteiger partial charge is 0.246 e. The van der Waals surface area contributed by atoms with Crippen molar-refractivity contribution in [3.05, 3.63) is 41.2 Å². The summed E-state index contributed by atoms with van der Waals surface area (Å²) in [4.78, 5) is 11.4. The number of carbonyl (C=O) groups is 1. The summed E-state index contributed by atoms with van der Waals surface area (Å²) in [6, 6.07) is 6.10. The van der Waals surface area contributed by atoms with Crippen molar-refractivity contribution in [2.75, 3.05) is 7.05 Å². The van der Waals surface area contributed by atoms with Crippen molar-refractivity contribution < 1.29 is 9.18 Å². The molecule has 0 spiro atoms. The van der Waals surface area contributed by atoms with E-state index in [-0.39, 0.29) is 11.7 Å². The summed E-state index contributed by atoms with van der Waals surface area (Å²) < 4.78 is 12.7. The summed E-state index contributed by atoms with van der Waals surface area (Å²) in [6.45, 7) is 3.59. The summed E-state index contributed by atoms with van der Waals surface area (Å²) in [5, 5.41) is 2.56. The van der Waals surface area contributed by atoms with Gasteiger partial charge in [-0.25, -0.2) is 4.39 Å². The first kappa shape index (κ1) is 11.4. The Morgan fingerprint density at radius 3 is 2.20 bits per heavy atom. The van der Waals surface area contributed by atoms with Crippen molar-refractivity contribution in [1.29, 1.82) is 0 Å². The third-order valence-electron chi connectivity index (χ3n) is 2.41. The third kappa shape index (κ3) is 2.65. The maximum absolute atomic E-state index is 12.7. The van der Waals surface area contributed by atoms with Gasteiger partial charge in [-0.15, -0.1) is 0 Å². The average Bonchev–Trinajstić information content (AvgIpc) is 2.27. The van der Waals surface area contributed by atoms with Crippen molar-refractivity contribution in [1.82, 2.24) is 5.32 Å². The van der Waals surface area contributed by atoms with Gasteiger partial charge in [0.25, 0.3) is 0 Å². The lowest BCUT2D eigenvalue weighted by Gasteiger charge is -2.06. The molecule has 0 aliphatic rings. The normalized spacial score (nSPS) is 12.0. The Labute approximate surface area is 88.8 Å². The summed E-state index contributed by atoms with van der Waals surface area (Å²) in [6.07, 6.45) is 0. The Hall–Kier alpha value is -1.64. The Morgan fingerprint density at radius 2 is 1.73 bits per heavy atom. The molecule has 0 heterocycles. The van der Waals surface area contributed by atoms with Gasteiger partial charge in [0.05, 0.1) is 0 Å². The van der Waals surface area contributed by atoms with Gasteiger partial charge in [0.15, 0.2) is 0 Å². The van der Waals surface area contributed by atoms with E-state index in [1.165, 1.54) is 12.1 Å². The van der Waals surface area contributed by atoms with Crippen molar-refractivity contribution in [3.63, 3.8) is 0 Å². The van der Waals surface area contributed by atoms with E-state index in [4.69, 9.17) is 0 Å². The first-order valence-electron chi connectivity index (χ1n) is 4.71. The monoisotopic (exact) mass is 207 g/mol. The summed E-state index contributed by atoms with van der Waals surface area (Å²) in [5.41, 5.74) is 2.36. The zero-order valence-corrected chi connectivity index (χ0v) is 9.10. The number of halogens is 1. The van der Waals surface area contributed by atoms with Crippen molar-refractivity contribution in [3.8, 4) is 0 Å². The number of hydrogen-bond donors (Lipinski definition) is 1. The lowest BCUT2D eigenvalue weighted by atomic mass is 10.0. The minimum atomic E-state index is -0.274. The Balaban J connectivity index is 3.07. The van der Waals surface area contributed by atoms with Crippen LogP contribution >= 0.6 is 0 Å². The number of amides is 1. The fourth-order valence-corrected chi connectivity index (χ4v) is 1.27. The van der Waals surface area contributed by atoms with E-state index in [0.717, 1.165) is 11.1 Å². The van der Waals surface area contributed by atoms with Gasteiger partial charge in [-0.05, 0) is 37.1 Å². The van der Waals surface area contributed by atoms with Crippen LogP contribution in [-0.2, 0) is 4.79 Å². The zero-order valence-electron chi connectivity index (χ0n) is 9.10. The van der Waals surface area contributed by atoms with Gasteiger partial charge in [0.2, 0.25) is 5.91 Å². The summed E-state index contributed by atoms with van der Waals surface area (Å²) in [7, 11) is 1.59. The van der Waals surface area contributed by atoms with Crippen LogP contribution in [0, 0.1) is 5.82 Å². The topological polar surface area (TPSA) is 29.1 Å². The molecule has 0 radical (unpaired) electrons. The fourth-order valence-electron chi connectivity index (χ4n) is 1.27. The molecular formula is C12H14FNO. The van der Waals surface area contributed by atoms with E-state index < -0.39 is 0 Å². The van der Waals surface area contributed by atoms with E-state index >= 15 is 0 Å². The molecule has 15 heavy (non-hydrogen) atoms. The molecule has 2 nitrogen and oxygen atoms in total. The van der Waals surface area contributed by atoms with Crippen LogP contribution in [0.5, 0.6) is 0 Å². The van der Waals surface area contributed by atoms with Crippen molar-refractivity contribution in [2.24, 2.45) is 0 Å². The van der Waals surface area contributed by atoms with E-state index in [1.54, 1.807) is 26.1 Å². The Morgan fingerprint density at radius 1 is 1.20 bits per heavy atom. The SMILES string of the molecule is CNC(=O)/C(C)=C(\C)c1ccc(F)cc1. The van der Waals surface area contributed by atoms with Crippen LogP contribution < -0.4 is 5.32 Å². The molecule has 0 fully saturated rings. The summed E-state index contributed by atoms with van der Waals surface area (Å²) in [5.74, 6) is -0.388. The lowest BCUT2D eigenvalue weighted by molar-refractivity contribution is -0.116. The number of benzene rings is 1. The number of rotatable bonds is 2. The van der Waals surface area contributed by atoms with Gasteiger partial charge < -0.3 is 5.32 Å². The van der Waals surface area contributed by atoms with Gasteiger partial charge in [-0.3, -0.25) is 4.79 Å². The van der Waals surface area contributed by atoms with E-state index in [0.29, 0.717) is 5.57 Å². The van der Waals surface area contributed by atoms with E-state index in [1.807, 2.05) is 6.92 Å². The third-order valence-corrected chi connectivity index (χ3v) is 2.41. The number of hydrogen-bond acceptors (Lipinski definition) is 1. The largest absolute Gasteiger partial charge is 0.355 e. The molecule has 0 saturated heterocycles. The molecule has 1 aromatic rings. The average molecular weight is 207 g/mol. The van der Waals surface area contributed by atoms with Crippen LogP contribution in [0.3, 0.4) is 0 Å². The molecule has 0 aliphatic carbocycles. The summed E-state index contributed by atoms with van der Waals surface area (Å²) >= 11 is 0. The Kier molecular flexibility index (Phi) is 3.61. The second kappa shape index (κ2) is 4.73. The van der Waals surface area contributed by atoms with Crippen LogP contribution in [0.2, 0.25) is 0 Å². The molecule has 0 aliphatic heterocycles. The van der Waals surface area contributed by atoms with Crippen molar-refractivity contribution >= 4 is 11.5 Å². The first-order chi connectivity index (χ1) is 7.06. The quantitative estimate of drug-likeness (QED) is 0.741. The molecule has 0 aromatic heterocycles. The maximum Gasteiger partial charge on any atom is 0.246 e. The van der Waals surface area contributed by atoms with Crippen LogP contribution in [-0.4, -0.2) is 13.0 Å². The molecule has 1 N–H and O–H groups in total. The highest BCUT2D eigenvalue weighted by Gasteiger charge is 2.06. The molecule has 1 aromatic carbocycles. The maximum atomic E-state index is 12.7. The highest BCUT2D eigenvalue weighted by atomic mass is 19.1. The van der Waals surface area contributed by atoms with Crippen LogP contribution in [0.4, 0.5) is 4.39 Å². The van der Waals surface area contributed by atoms with Gasteiger partial charge in [-0.2, -0.15) is 0 Å². The zero-order chi connectivity index (χ0) is 11.4. The standard InChI is InChI=1S/C12H14FNO/c1-8(9(2)12(15)14-3)10-4-6-11(13)7-5-10/h4-7H,1-3H3,(H,14,15)/b9-8+. The van der Waals surface area contributed by atoms with E-state index in [2.05, 4.69) is 5.32 Å². The lowest BCUT2D eigenvalue weighted by Crippen LogP contribution is -2.19. The second-order valence-corrected chi connectivity index (χ2v) is 3.34. The number of nitrogens with one attached hydrogen (secondary N) is 1.